The lowest BCUT2D eigenvalue weighted by Gasteiger charge is -2.26. The summed E-state index contributed by atoms with van der Waals surface area (Å²) in [6.07, 6.45) is 5.78. The van der Waals surface area contributed by atoms with Gasteiger partial charge in [-0.2, -0.15) is 5.26 Å². The summed E-state index contributed by atoms with van der Waals surface area (Å²) in [5.41, 5.74) is 4.24. The largest absolute Gasteiger partial charge is 0.294 e. The summed E-state index contributed by atoms with van der Waals surface area (Å²) >= 11 is 1.56. The molecule has 4 aromatic rings. The minimum absolute atomic E-state index is 0.00575. The summed E-state index contributed by atoms with van der Waals surface area (Å²) in [5, 5.41) is 10.4. The molecule has 6 nitrogen and oxygen atoms in total. The number of hydrogen-bond acceptors (Lipinski definition) is 5. The average molecular weight is 491 g/mol. The summed E-state index contributed by atoms with van der Waals surface area (Å²) in [7, 11) is 0. The van der Waals surface area contributed by atoms with E-state index in [9.17, 15) is 14.9 Å². The van der Waals surface area contributed by atoms with Gasteiger partial charge in [0.2, 0.25) is 0 Å². The second-order valence-electron chi connectivity index (χ2n) is 8.25. The number of para-hydroxylation sites is 1. The van der Waals surface area contributed by atoms with E-state index < -0.39 is 11.8 Å². The van der Waals surface area contributed by atoms with Crippen LogP contribution < -0.4 is 0 Å². The first-order valence-corrected chi connectivity index (χ1v) is 12.3. The Kier molecular flexibility index (Phi) is 6.19. The maximum Gasteiger partial charge on any atom is 0.271 e. The lowest BCUT2D eigenvalue weighted by molar-refractivity contribution is -0.140. The van der Waals surface area contributed by atoms with Gasteiger partial charge in [-0.25, -0.2) is 4.98 Å². The van der Waals surface area contributed by atoms with Crippen molar-refractivity contribution in [1.82, 2.24) is 14.5 Å². The molecule has 0 bridgehead atoms. The molecule has 0 atom stereocenters. The van der Waals surface area contributed by atoms with Gasteiger partial charge in [-0.1, -0.05) is 54.6 Å². The van der Waals surface area contributed by atoms with Crippen molar-refractivity contribution in [2.24, 2.45) is 0 Å². The number of benzene rings is 2. The predicted molar refractivity (Wildman–Crippen MR) is 143 cm³/mol. The van der Waals surface area contributed by atoms with Gasteiger partial charge in [0.15, 0.2) is 5.65 Å². The van der Waals surface area contributed by atoms with Crippen LogP contribution >= 0.6 is 11.3 Å². The first kappa shape index (κ1) is 23.2. The van der Waals surface area contributed by atoms with E-state index >= 15 is 0 Å². The number of fused-ring (bicyclic) bond motifs is 1. The number of thiazole rings is 1. The van der Waals surface area contributed by atoms with Gasteiger partial charge in [0, 0.05) is 23.5 Å². The fourth-order valence-electron chi connectivity index (χ4n) is 4.24. The molecule has 2 amide bonds. The van der Waals surface area contributed by atoms with Gasteiger partial charge >= 0.3 is 0 Å². The first-order valence-electron chi connectivity index (χ1n) is 11.5. The quantitative estimate of drug-likeness (QED) is 0.259. The highest BCUT2D eigenvalue weighted by atomic mass is 32.1. The Bertz CT molecular complexity index is 1620. The highest BCUT2D eigenvalue weighted by Crippen LogP contribution is 2.33. The van der Waals surface area contributed by atoms with Crippen molar-refractivity contribution in [3.05, 3.63) is 99.7 Å². The summed E-state index contributed by atoms with van der Waals surface area (Å²) in [6.45, 7) is 3.57. The maximum absolute atomic E-state index is 13.2. The number of imide groups is 1. The van der Waals surface area contributed by atoms with Gasteiger partial charge in [-0.3, -0.25) is 19.1 Å². The molecule has 0 unspecified atom stereocenters. The summed E-state index contributed by atoms with van der Waals surface area (Å²) in [4.78, 5) is 31.7. The molecule has 0 radical (unpaired) electrons. The van der Waals surface area contributed by atoms with Crippen LogP contribution in [0.2, 0.25) is 0 Å². The van der Waals surface area contributed by atoms with Crippen LogP contribution in [0.4, 0.5) is 0 Å². The Balaban J connectivity index is 1.66. The standard InChI is InChI=1S/C29H22N4O2S/c1-3-32-28(34)23(19(2)24(18-30)29(32)35)16-22-17-25-27(33(22)21-12-8-5-9-13-21)31-26(36-25)15-14-20-10-6-4-7-11-20/h4-17H,3H2,1-2H3/b15-14+,23-16-. The Morgan fingerprint density at radius 2 is 1.69 bits per heavy atom. The molecule has 5 rings (SSSR count). The molecule has 0 N–H and O–H groups in total. The van der Waals surface area contributed by atoms with E-state index in [1.54, 1.807) is 31.3 Å². The lowest BCUT2D eigenvalue weighted by atomic mass is 9.94. The number of amides is 2. The molecular formula is C29H22N4O2S. The van der Waals surface area contributed by atoms with Gasteiger partial charge in [0.05, 0.1) is 4.70 Å². The summed E-state index contributed by atoms with van der Waals surface area (Å²) in [6, 6.07) is 23.8. The van der Waals surface area contributed by atoms with E-state index in [-0.39, 0.29) is 12.1 Å². The van der Waals surface area contributed by atoms with Crippen molar-refractivity contribution < 1.29 is 9.59 Å². The zero-order valence-corrected chi connectivity index (χ0v) is 20.6. The number of hydrogen-bond donors (Lipinski definition) is 0. The van der Waals surface area contributed by atoms with Crippen LogP contribution in [0.5, 0.6) is 0 Å². The molecule has 1 aliphatic heterocycles. The average Bonchev–Trinajstić information content (AvgIpc) is 3.44. The molecule has 0 saturated carbocycles. The van der Waals surface area contributed by atoms with Crippen molar-refractivity contribution in [1.29, 1.82) is 5.26 Å². The van der Waals surface area contributed by atoms with Crippen LogP contribution in [0.3, 0.4) is 0 Å². The molecule has 1 aliphatic rings. The van der Waals surface area contributed by atoms with Gasteiger partial charge in [0.25, 0.3) is 11.8 Å². The lowest BCUT2D eigenvalue weighted by Crippen LogP contribution is -2.42. The number of rotatable bonds is 5. The topological polar surface area (TPSA) is 79.0 Å². The van der Waals surface area contributed by atoms with E-state index in [0.29, 0.717) is 11.1 Å². The van der Waals surface area contributed by atoms with Crippen molar-refractivity contribution >= 4 is 51.7 Å². The van der Waals surface area contributed by atoms with Gasteiger partial charge in [0.1, 0.15) is 16.6 Å². The highest BCUT2D eigenvalue weighted by Gasteiger charge is 2.34. The second kappa shape index (κ2) is 9.61. The van der Waals surface area contributed by atoms with E-state index in [1.165, 1.54) is 0 Å². The molecule has 36 heavy (non-hydrogen) atoms. The maximum atomic E-state index is 13.2. The third-order valence-electron chi connectivity index (χ3n) is 6.07. The first-order chi connectivity index (χ1) is 17.5. The van der Waals surface area contributed by atoms with Crippen LogP contribution in [-0.2, 0) is 9.59 Å². The van der Waals surface area contributed by atoms with E-state index in [4.69, 9.17) is 4.98 Å². The smallest absolute Gasteiger partial charge is 0.271 e. The fraction of sp³-hybridized carbons (Fsp3) is 0.103. The zero-order valence-electron chi connectivity index (χ0n) is 19.8. The minimum Gasteiger partial charge on any atom is -0.294 e. The Hall–Kier alpha value is -4.54. The highest BCUT2D eigenvalue weighted by molar-refractivity contribution is 7.19. The van der Waals surface area contributed by atoms with Gasteiger partial charge < -0.3 is 0 Å². The molecule has 2 aromatic heterocycles. The normalized spacial score (nSPS) is 15.5. The number of likely N-dealkylation sites (N-methyl/N-ethyl adjacent to an activating group) is 1. The van der Waals surface area contributed by atoms with Crippen LogP contribution in [0.25, 0.3) is 34.3 Å². The van der Waals surface area contributed by atoms with Gasteiger partial charge in [-0.15, -0.1) is 11.3 Å². The third kappa shape index (κ3) is 4.08. The summed E-state index contributed by atoms with van der Waals surface area (Å²) in [5.74, 6) is -0.946. The van der Waals surface area contributed by atoms with Crippen LogP contribution in [0.15, 0.2) is 83.4 Å². The molecule has 3 heterocycles. The predicted octanol–water partition coefficient (Wildman–Crippen LogP) is 5.87. The number of carbonyl (C=O) groups excluding carboxylic acids is 2. The number of nitrogens with zero attached hydrogens (tertiary/aromatic N) is 4. The van der Waals surface area contributed by atoms with Crippen molar-refractivity contribution in [2.45, 2.75) is 13.8 Å². The van der Waals surface area contributed by atoms with Gasteiger partial charge in [-0.05, 0) is 55.3 Å². The zero-order chi connectivity index (χ0) is 25.2. The Morgan fingerprint density at radius 3 is 2.36 bits per heavy atom. The molecule has 0 saturated heterocycles. The molecular weight excluding hydrogens is 468 g/mol. The molecule has 0 aliphatic carbocycles. The molecule has 176 valence electrons. The minimum atomic E-state index is -0.546. The number of carbonyl (C=O) groups is 2. The van der Waals surface area contributed by atoms with Crippen LogP contribution in [0, 0.1) is 11.3 Å². The SMILES string of the molecule is CCN1C(=O)C(C#N)=C(C)/C(=C/c2cc3sc(/C=C/c4ccccc4)nc3n2-c2ccccc2)C1=O. The van der Waals surface area contributed by atoms with Crippen LogP contribution in [-0.4, -0.2) is 32.8 Å². The van der Waals surface area contributed by atoms with E-state index in [1.807, 2.05) is 89.5 Å². The van der Waals surface area contributed by atoms with E-state index in [0.717, 1.165) is 37.2 Å². The molecule has 0 spiro atoms. The Morgan fingerprint density at radius 1 is 1.00 bits per heavy atom. The third-order valence-corrected chi connectivity index (χ3v) is 7.02. The van der Waals surface area contributed by atoms with Crippen molar-refractivity contribution in [3.63, 3.8) is 0 Å². The van der Waals surface area contributed by atoms with Crippen molar-refractivity contribution in [2.75, 3.05) is 6.54 Å². The monoisotopic (exact) mass is 490 g/mol. The molecule has 7 heteroatoms. The molecule has 0 fully saturated rings. The van der Waals surface area contributed by atoms with Crippen molar-refractivity contribution in [3.8, 4) is 11.8 Å². The molecule has 2 aromatic carbocycles. The van der Waals surface area contributed by atoms with Crippen LogP contribution in [0.1, 0.15) is 30.1 Å². The Labute approximate surface area is 212 Å². The summed E-state index contributed by atoms with van der Waals surface area (Å²) < 4.78 is 2.96. The second-order valence-corrected chi connectivity index (χ2v) is 9.31. The van der Waals surface area contributed by atoms with E-state index in [2.05, 4.69) is 0 Å². The number of aromatic nitrogens is 2. The fourth-order valence-corrected chi connectivity index (χ4v) is 5.14. The number of nitriles is 1.